The maximum absolute atomic E-state index is 12.5. The van der Waals surface area contributed by atoms with Crippen LogP contribution in [0.25, 0.3) is 0 Å². The number of nitrogens with two attached hydrogens (primary N) is 1. The standard InChI is InChI=1S/C14H21F3N4O5S/c1-2-9(10(22)11-20-13(26-21-11)14(15,16)17)19-12(23)8(18)6-27(24,25)5-7-3-4-7/h7-10,22H,2-6,18H2,1H3,(H,19,23)/t8-,9-,10?/m0/s1. The van der Waals surface area contributed by atoms with Gasteiger partial charge in [-0.2, -0.15) is 18.2 Å². The second-order valence-electron chi connectivity index (χ2n) is 6.55. The van der Waals surface area contributed by atoms with E-state index in [0.717, 1.165) is 12.8 Å². The van der Waals surface area contributed by atoms with Gasteiger partial charge in [0, 0.05) is 0 Å². The van der Waals surface area contributed by atoms with E-state index in [4.69, 9.17) is 5.73 Å². The Kier molecular flexibility index (Phi) is 6.47. The highest BCUT2D eigenvalue weighted by Crippen LogP contribution is 2.31. The van der Waals surface area contributed by atoms with E-state index < -0.39 is 57.6 Å². The predicted octanol–water partition coefficient (Wildman–Crippen LogP) is 0.169. The number of halogens is 3. The Bertz CT molecular complexity index is 763. The first-order valence-electron chi connectivity index (χ1n) is 8.28. The summed E-state index contributed by atoms with van der Waals surface area (Å²) in [5, 5.41) is 15.5. The fourth-order valence-corrected chi connectivity index (χ4v) is 4.29. The second-order valence-corrected chi connectivity index (χ2v) is 8.70. The van der Waals surface area contributed by atoms with Crippen LogP contribution in [0.4, 0.5) is 13.2 Å². The van der Waals surface area contributed by atoms with Gasteiger partial charge in [0.25, 0.3) is 0 Å². The number of hydrogen-bond acceptors (Lipinski definition) is 8. The van der Waals surface area contributed by atoms with E-state index in [1.165, 1.54) is 0 Å². The third kappa shape index (κ3) is 6.14. The number of carbonyl (C=O) groups is 1. The van der Waals surface area contributed by atoms with Crippen LogP contribution in [-0.2, 0) is 20.8 Å². The van der Waals surface area contributed by atoms with Crippen LogP contribution in [0.15, 0.2) is 4.52 Å². The summed E-state index contributed by atoms with van der Waals surface area (Å²) in [6, 6.07) is -2.45. The molecule has 0 aliphatic heterocycles. The largest absolute Gasteiger partial charge is 0.471 e. The van der Waals surface area contributed by atoms with Gasteiger partial charge in [-0.25, -0.2) is 8.42 Å². The van der Waals surface area contributed by atoms with Gasteiger partial charge in [0.15, 0.2) is 9.84 Å². The normalized spacial score (nSPS) is 18.7. The van der Waals surface area contributed by atoms with Crippen molar-refractivity contribution in [2.24, 2.45) is 11.7 Å². The highest BCUT2D eigenvalue weighted by Gasteiger charge is 2.40. The third-order valence-electron chi connectivity index (χ3n) is 4.05. The Morgan fingerprint density at radius 1 is 1.44 bits per heavy atom. The number of alkyl halides is 3. The molecular formula is C14H21F3N4O5S. The molecular weight excluding hydrogens is 393 g/mol. The summed E-state index contributed by atoms with van der Waals surface area (Å²) in [4.78, 5) is 15.2. The molecule has 154 valence electrons. The average Bonchev–Trinajstić information content (AvgIpc) is 3.19. The lowest BCUT2D eigenvalue weighted by atomic mass is 10.1. The highest BCUT2D eigenvalue weighted by molar-refractivity contribution is 7.91. The Labute approximate surface area is 153 Å². The number of hydrogen-bond donors (Lipinski definition) is 3. The zero-order valence-corrected chi connectivity index (χ0v) is 15.3. The molecule has 9 nitrogen and oxygen atoms in total. The monoisotopic (exact) mass is 414 g/mol. The van der Waals surface area contributed by atoms with Gasteiger partial charge >= 0.3 is 12.1 Å². The van der Waals surface area contributed by atoms with E-state index in [1.54, 1.807) is 6.92 Å². The van der Waals surface area contributed by atoms with Gasteiger partial charge in [0.05, 0.1) is 23.6 Å². The lowest BCUT2D eigenvalue weighted by Crippen LogP contribution is -2.50. The molecule has 0 bridgehead atoms. The van der Waals surface area contributed by atoms with E-state index in [1.807, 2.05) is 0 Å². The van der Waals surface area contributed by atoms with Gasteiger partial charge in [-0.05, 0) is 25.2 Å². The van der Waals surface area contributed by atoms with Crippen molar-refractivity contribution in [2.75, 3.05) is 11.5 Å². The summed E-state index contributed by atoms with van der Waals surface area (Å²) in [5.74, 6) is -3.60. The molecule has 1 aromatic rings. The lowest BCUT2D eigenvalue weighted by molar-refractivity contribution is -0.159. The minimum atomic E-state index is -4.87. The van der Waals surface area contributed by atoms with Gasteiger partial charge < -0.3 is 20.7 Å². The summed E-state index contributed by atoms with van der Waals surface area (Å²) in [5.41, 5.74) is 5.63. The van der Waals surface area contributed by atoms with Crippen molar-refractivity contribution < 1.29 is 36.0 Å². The smallest absolute Gasteiger partial charge is 0.383 e. The molecule has 1 saturated carbocycles. The third-order valence-corrected chi connectivity index (χ3v) is 5.90. The molecule has 1 amide bonds. The summed E-state index contributed by atoms with van der Waals surface area (Å²) in [7, 11) is -3.50. The molecule has 0 radical (unpaired) electrons. The predicted molar refractivity (Wildman–Crippen MR) is 85.8 cm³/mol. The molecule has 1 fully saturated rings. The van der Waals surface area contributed by atoms with E-state index in [-0.39, 0.29) is 18.1 Å². The van der Waals surface area contributed by atoms with Gasteiger partial charge in [-0.1, -0.05) is 12.1 Å². The van der Waals surface area contributed by atoms with E-state index in [2.05, 4.69) is 20.0 Å². The van der Waals surface area contributed by atoms with Crippen molar-refractivity contribution in [1.82, 2.24) is 15.5 Å². The zero-order valence-electron chi connectivity index (χ0n) is 14.4. The number of aliphatic hydroxyl groups is 1. The number of nitrogens with one attached hydrogen (secondary N) is 1. The molecule has 4 N–H and O–H groups in total. The topological polar surface area (TPSA) is 148 Å². The minimum absolute atomic E-state index is 0.0309. The Morgan fingerprint density at radius 3 is 2.56 bits per heavy atom. The van der Waals surface area contributed by atoms with Gasteiger partial charge in [-0.15, -0.1) is 0 Å². The number of carbonyl (C=O) groups excluding carboxylic acids is 1. The molecule has 27 heavy (non-hydrogen) atoms. The van der Waals surface area contributed by atoms with Crippen LogP contribution in [-0.4, -0.2) is 53.2 Å². The van der Waals surface area contributed by atoms with Crippen molar-refractivity contribution in [3.05, 3.63) is 11.7 Å². The number of nitrogens with zero attached hydrogens (tertiary/aromatic N) is 2. The molecule has 2 rings (SSSR count). The van der Waals surface area contributed by atoms with Crippen molar-refractivity contribution in [3.8, 4) is 0 Å². The molecule has 1 aromatic heterocycles. The van der Waals surface area contributed by atoms with E-state index in [0.29, 0.717) is 0 Å². The molecule has 1 aliphatic rings. The van der Waals surface area contributed by atoms with Gasteiger partial charge in [-0.3, -0.25) is 4.79 Å². The first-order chi connectivity index (χ1) is 12.4. The molecule has 1 unspecified atom stereocenters. The maximum Gasteiger partial charge on any atom is 0.471 e. The molecule has 13 heteroatoms. The summed E-state index contributed by atoms with van der Waals surface area (Å²) in [6.07, 6.45) is -4.79. The first kappa shape index (κ1) is 21.6. The van der Waals surface area contributed by atoms with Crippen LogP contribution in [0.2, 0.25) is 0 Å². The molecule has 1 aliphatic carbocycles. The molecule has 0 saturated heterocycles. The van der Waals surface area contributed by atoms with Crippen molar-refractivity contribution >= 4 is 15.7 Å². The SMILES string of the molecule is CC[C@H](NC(=O)[C@@H](N)CS(=O)(=O)CC1CC1)C(O)c1noc(C(F)(F)F)n1. The van der Waals surface area contributed by atoms with E-state index in [9.17, 15) is 31.5 Å². The number of rotatable bonds is 9. The Morgan fingerprint density at radius 2 is 2.07 bits per heavy atom. The molecule has 0 spiro atoms. The van der Waals surface area contributed by atoms with Crippen LogP contribution in [0.5, 0.6) is 0 Å². The summed E-state index contributed by atoms with van der Waals surface area (Å²) in [6.45, 7) is 1.55. The fraction of sp³-hybridized carbons (Fsp3) is 0.786. The summed E-state index contributed by atoms with van der Waals surface area (Å²) >= 11 is 0. The van der Waals surface area contributed by atoms with Gasteiger partial charge in [0.2, 0.25) is 11.7 Å². The van der Waals surface area contributed by atoms with Crippen molar-refractivity contribution in [1.29, 1.82) is 0 Å². The van der Waals surface area contributed by atoms with Crippen molar-refractivity contribution in [2.45, 2.75) is 50.6 Å². The van der Waals surface area contributed by atoms with E-state index >= 15 is 0 Å². The molecule has 1 heterocycles. The van der Waals surface area contributed by atoms with Gasteiger partial charge in [0.1, 0.15) is 6.10 Å². The number of sulfone groups is 1. The Balaban J connectivity index is 1.97. The summed E-state index contributed by atoms with van der Waals surface area (Å²) < 4.78 is 65.4. The molecule has 0 aromatic carbocycles. The van der Waals surface area contributed by atoms with Crippen molar-refractivity contribution in [3.63, 3.8) is 0 Å². The number of amides is 1. The highest BCUT2D eigenvalue weighted by atomic mass is 32.2. The fourth-order valence-electron chi connectivity index (χ4n) is 2.41. The van der Waals surface area contributed by atoms with Crippen LogP contribution in [0, 0.1) is 5.92 Å². The van der Waals surface area contributed by atoms with Crippen LogP contribution in [0.3, 0.4) is 0 Å². The quantitative estimate of drug-likeness (QED) is 0.518. The van der Waals surface area contributed by atoms with Crippen LogP contribution >= 0.6 is 0 Å². The Hall–Kier alpha value is -1.73. The number of aliphatic hydroxyl groups excluding tert-OH is 1. The minimum Gasteiger partial charge on any atom is -0.383 e. The van der Waals surface area contributed by atoms with Crippen LogP contribution < -0.4 is 11.1 Å². The lowest BCUT2D eigenvalue weighted by Gasteiger charge is -2.22. The number of aromatic nitrogens is 2. The first-order valence-corrected chi connectivity index (χ1v) is 10.1. The second kappa shape index (κ2) is 8.10. The van der Waals surface area contributed by atoms with Crippen LogP contribution in [0.1, 0.15) is 44.0 Å². The maximum atomic E-state index is 12.5. The molecule has 3 atom stereocenters. The average molecular weight is 414 g/mol. The zero-order chi connectivity index (χ0) is 20.4.